The van der Waals surface area contributed by atoms with E-state index >= 15 is 0 Å². The molecule has 0 saturated carbocycles. The Kier molecular flexibility index (Phi) is 5.77. The Morgan fingerprint density at radius 1 is 1.08 bits per heavy atom. The Hall–Kier alpha value is -3.68. The highest BCUT2D eigenvalue weighted by atomic mass is 16.6. The lowest BCUT2D eigenvalue weighted by Crippen LogP contribution is -2.66. The lowest BCUT2D eigenvalue weighted by Gasteiger charge is -2.56. The number of hydrogen-bond acceptors (Lipinski definition) is 5. The van der Waals surface area contributed by atoms with Crippen LogP contribution < -0.4 is 4.74 Å². The van der Waals surface area contributed by atoms with Crippen LogP contribution in [0.3, 0.4) is 0 Å². The number of nitro benzene ring substituents is 1. The highest BCUT2D eigenvalue weighted by Gasteiger charge is 2.57. The Morgan fingerprint density at radius 3 is 2.70 bits per heavy atom. The van der Waals surface area contributed by atoms with Gasteiger partial charge in [0.1, 0.15) is 5.75 Å². The van der Waals surface area contributed by atoms with Crippen molar-refractivity contribution < 1.29 is 14.8 Å². The molecule has 2 heterocycles. The molecule has 7 heteroatoms. The topological polar surface area (TPSA) is 91.6 Å². The Bertz CT molecular complexity index is 1470. The molecule has 1 saturated heterocycles. The quantitative estimate of drug-likeness (QED) is 0.295. The molecular weight excluding hydrogens is 466 g/mol. The van der Waals surface area contributed by atoms with Gasteiger partial charge in [-0.3, -0.25) is 10.1 Å². The summed E-state index contributed by atoms with van der Waals surface area (Å²) in [7, 11) is 1.67. The number of ether oxygens (including phenoxy) is 1. The van der Waals surface area contributed by atoms with E-state index in [0.29, 0.717) is 19.4 Å². The van der Waals surface area contributed by atoms with E-state index in [2.05, 4.69) is 46.3 Å². The molecule has 1 aromatic heterocycles. The second-order valence-corrected chi connectivity index (χ2v) is 10.5. The molecule has 37 heavy (non-hydrogen) atoms. The first-order valence-corrected chi connectivity index (χ1v) is 12.8. The fourth-order valence-electron chi connectivity index (χ4n) is 6.58. The van der Waals surface area contributed by atoms with E-state index in [-0.39, 0.29) is 10.6 Å². The highest BCUT2D eigenvalue weighted by Crippen LogP contribution is 2.52. The van der Waals surface area contributed by atoms with Crippen molar-refractivity contribution in [3.8, 4) is 5.75 Å². The van der Waals surface area contributed by atoms with Crippen LogP contribution in [0.2, 0.25) is 0 Å². The predicted molar refractivity (Wildman–Crippen MR) is 143 cm³/mol. The van der Waals surface area contributed by atoms with Gasteiger partial charge in [0.05, 0.1) is 23.2 Å². The van der Waals surface area contributed by atoms with Crippen LogP contribution in [0.25, 0.3) is 10.9 Å². The molecule has 2 aliphatic rings. The number of aromatic amines is 1. The van der Waals surface area contributed by atoms with Crippen molar-refractivity contribution >= 4 is 16.6 Å². The Labute approximate surface area is 215 Å². The van der Waals surface area contributed by atoms with E-state index in [1.165, 1.54) is 5.56 Å². The number of nitro groups is 1. The number of methoxy groups -OCH3 is 1. The van der Waals surface area contributed by atoms with Crippen LogP contribution in [0.4, 0.5) is 5.69 Å². The first-order chi connectivity index (χ1) is 17.9. The lowest BCUT2D eigenvalue weighted by atomic mass is 9.56. The van der Waals surface area contributed by atoms with Crippen LogP contribution >= 0.6 is 0 Å². The van der Waals surface area contributed by atoms with Crippen molar-refractivity contribution in [2.45, 2.75) is 36.7 Å². The molecule has 2 N–H and O–H groups in total. The minimum absolute atomic E-state index is 0.0665. The number of aliphatic hydroxyl groups is 1. The first kappa shape index (κ1) is 23.7. The molecule has 0 radical (unpaired) electrons. The first-order valence-electron chi connectivity index (χ1n) is 12.8. The fraction of sp³-hybridized carbons (Fsp3) is 0.333. The van der Waals surface area contributed by atoms with Crippen molar-refractivity contribution in [1.29, 1.82) is 0 Å². The van der Waals surface area contributed by atoms with Crippen LogP contribution in [-0.2, 0) is 24.7 Å². The van der Waals surface area contributed by atoms with Crippen LogP contribution in [0.1, 0.15) is 28.8 Å². The standard InChI is InChI=1S/C30H31N3O4/c1-37-24-9-5-8-22(16-24)29-13-15-32(14-12-21-6-3-2-4-7-21)20-30(29,34)18-26-25-11-10-23(33(35)36)17-27(25)31-28(26)19-29/h2-11,16-17,31,34H,12-15,18-20H2,1H3/t29-,30-/m0/s1. The molecule has 3 aromatic carbocycles. The summed E-state index contributed by atoms with van der Waals surface area (Å²) >= 11 is 0. The SMILES string of the molecule is COc1cccc([C@@]23CCN(CCc4ccccc4)C[C@@]2(O)Cc2c([nH]c4cc([N+](=O)[O-])ccc24)C3)c1. The zero-order chi connectivity index (χ0) is 25.6. The van der Waals surface area contributed by atoms with Crippen molar-refractivity contribution in [3.63, 3.8) is 0 Å². The number of rotatable bonds is 6. The van der Waals surface area contributed by atoms with Gasteiger partial charge >= 0.3 is 0 Å². The molecule has 0 bridgehead atoms. The van der Waals surface area contributed by atoms with Gasteiger partial charge in [0.2, 0.25) is 0 Å². The largest absolute Gasteiger partial charge is 0.497 e. The number of hydrogen-bond donors (Lipinski definition) is 2. The van der Waals surface area contributed by atoms with Crippen molar-refractivity contribution in [3.05, 3.63) is 105 Å². The van der Waals surface area contributed by atoms with Gasteiger partial charge < -0.3 is 19.7 Å². The number of benzene rings is 3. The Morgan fingerprint density at radius 2 is 1.92 bits per heavy atom. The maximum Gasteiger partial charge on any atom is 0.271 e. The van der Waals surface area contributed by atoms with Gasteiger partial charge in [-0.2, -0.15) is 0 Å². The molecule has 1 fully saturated rings. The van der Waals surface area contributed by atoms with Crippen molar-refractivity contribution in [2.24, 2.45) is 0 Å². The summed E-state index contributed by atoms with van der Waals surface area (Å²) in [5.74, 6) is 0.777. The summed E-state index contributed by atoms with van der Waals surface area (Å²) in [6, 6.07) is 23.5. The van der Waals surface area contributed by atoms with E-state index in [0.717, 1.165) is 59.4 Å². The van der Waals surface area contributed by atoms with Gasteiger partial charge in [-0.05, 0) is 54.3 Å². The zero-order valence-electron chi connectivity index (χ0n) is 20.9. The summed E-state index contributed by atoms with van der Waals surface area (Å²) in [5.41, 5.74) is 3.81. The highest BCUT2D eigenvalue weighted by molar-refractivity contribution is 5.87. The summed E-state index contributed by atoms with van der Waals surface area (Å²) in [6.07, 6.45) is 2.87. The van der Waals surface area contributed by atoms with Crippen molar-refractivity contribution in [1.82, 2.24) is 9.88 Å². The monoisotopic (exact) mass is 497 g/mol. The normalized spacial score (nSPS) is 23.4. The van der Waals surface area contributed by atoms with Crippen LogP contribution in [0.5, 0.6) is 5.75 Å². The number of β-amino-alcohol motifs (C(OH)–C–C–N with tert-alkyl or cyclic N) is 1. The predicted octanol–water partition coefficient (Wildman–Crippen LogP) is 4.80. The number of fused-ring (bicyclic) bond motifs is 4. The number of nitrogens with zero attached hydrogens (tertiary/aromatic N) is 2. The van der Waals surface area contributed by atoms with E-state index in [1.54, 1.807) is 19.2 Å². The third kappa shape index (κ3) is 3.99. The minimum atomic E-state index is -1.00. The number of aromatic nitrogens is 1. The molecule has 0 amide bonds. The van der Waals surface area contributed by atoms with Gasteiger partial charge in [0.25, 0.3) is 5.69 Å². The number of piperidine rings is 1. The Balaban J connectivity index is 1.40. The van der Waals surface area contributed by atoms with E-state index in [1.807, 2.05) is 24.3 Å². The maximum atomic E-state index is 12.6. The third-order valence-electron chi connectivity index (χ3n) is 8.55. The third-order valence-corrected chi connectivity index (χ3v) is 8.55. The molecule has 1 aliphatic carbocycles. The number of non-ortho nitro benzene ring substituents is 1. The second-order valence-electron chi connectivity index (χ2n) is 10.5. The smallest absolute Gasteiger partial charge is 0.271 e. The molecule has 0 spiro atoms. The summed E-state index contributed by atoms with van der Waals surface area (Å²) < 4.78 is 5.55. The van der Waals surface area contributed by atoms with Crippen LogP contribution in [0, 0.1) is 10.1 Å². The van der Waals surface area contributed by atoms with Gasteiger partial charge in [-0.25, -0.2) is 0 Å². The number of H-pyrrole nitrogens is 1. The maximum absolute atomic E-state index is 12.6. The van der Waals surface area contributed by atoms with Gasteiger partial charge in [-0.1, -0.05) is 42.5 Å². The summed E-state index contributed by atoms with van der Waals surface area (Å²) in [6.45, 7) is 2.33. The summed E-state index contributed by atoms with van der Waals surface area (Å²) in [4.78, 5) is 16.9. The van der Waals surface area contributed by atoms with Crippen LogP contribution in [-0.4, -0.2) is 52.3 Å². The van der Waals surface area contributed by atoms with E-state index < -0.39 is 11.0 Å². The number of likely N-dealkylation sites (tertiary alicyclic amines) is 1. The van der Waals surface area contributed by atoms with E-state index in [9.17, 15) is 15.2 Å². The lowest BCUT2D eigenvalue weighted by molar-refractivity contribution is -0.384. The fourth-order valence-corrected chi connectivity index (χ4v) is 6.58. The molecule has 2 atom stereocenters. The number of nitrogens with one attached hydrogen (secondary N) is 1. The average molecular weight is 498 g/mol. The molecule has 190 valence electrons. The van der Waals surface area contributed by atoms with Crippen molar-refractivity contribution in [2.75, 3.05) is 26.7 Å². The minimum Gasteiger partial charge on any atom is -0.497 e. The van der Waals surface area contributed by atoms with Gasteiger partial charge in [0, 0.05) is 54.6 Å². The van der Waals surface area contributed by atoms with Crippen LogP contribution in [0.15, 0.2) is 72.8 Å². The second kappa shape index (κ2) is 9.01. The molecule has 1 aliphatic heterocycles. The summed E-state index contributed by atoms with van der Waals surface area (Å²) in [5, 5.41) is 24.9. The molecule has 7 nitrogen and oxygen atoms in total. The average Bonchev–Trinajstić information content (AvgIpc) is 3.26. The molecule has 0 unspecified atom stereocenters. The van der Waals surface area contributed by atoms with E-state index in [4.69, 9.17) is 4.74 Å². The molecule has 4 aromatic rings. The zero-order valence-corrected chi connectivity index (χ0v) is 20.9. The molecule has 6 rings (SSSR count). The molecular formula is C30H31N3O4. The van der Waals surface area contributed by atoms with Gasteiger partial charge in [-0.15, -0.1) is 0 Å². The van der Waals surface area contributed by atoms with Gasteiger partial charge in [0.15, 0.2) is 0 Å².